The lowest BCUT2D eigenvalue weighted by Gasteiger charge is -2.27. The van der Waals surface area contributed by atoms with Gasteiger partial charge in [-0.15, -0.1) is 34.2 Å². The first kappa shape index (κ1) is 25.4. The normalized spacial score (nSPS) is 11.8. The van der Waals surface area contributed by atoms with Gasteiger partial charge in [0, 0.05) is 38.8 Å². The van der Waals surface area contributed by atoms with E-state index in [0.717, 1.165) is 50.3 Å². The molecule has 0 aliphatic rings. The number of ether oxygens (including phenoxy) is 1. The summed E-state index contributed by atoms with van der Waals surface area (Å²) in [6.45, 7) is 11.9. The van der Waals surface area contributed by atoms with Gasteiger partial charge in [-0.3, -0.25) is 0 Å². The van der Waals surface area contributed by atoms with Crippen LogP contribution in [0.25, 0.3) is 0 Å². The minimum atomic E-state index is -0.0175. The molecule has 0 radical (unpaired) electrons. The third-order valence-electron chi connectivity index (χ3n) is 4.78. The smallest absolute Gasteiger partial charge is 0.191 e. The highest BCUT2D eigenvalue weighted by molar-refractivity contribution is 14.0. The van der Waals surface area contributed by atoms with Crippen molar-refractivity contribution < 1.29 is 4.74 Å². The minimum Gasteiger partial charge on any atom is -0.382 e. The zero-order valence-electron chi connectivity index (χ0n) is 18.2. The molecule has 7 nitrogen and oxygen atoms in total. The van der Waals surface area contributed by atoms with E-state index in [1.807, 2.05) is 31.5 Å². The Kier molecular flexibility index (Phi) is 11.2. The number of rotatable bonds is 10. The molecule has 29 heavy (non-hydrogen) atoms. The Balaban J connectivity index is 0.00000420. The van der Waals surface area contributed by atoms with Gasteiger partial charge in [-0.25, -0.2) is 4.99 Å². The molecule has 0 aliphatic carbocycles. The number of aromatic nitrogens is 3. The maximum Gasteiger partial charge on any atom is 0.191 e. The number of benzene rings is 1. The predicted octanol–water partition coefficient (Wildman–Crippen LogP) is 3.18. The topological polar surface area (TPSA) is 76.4 Å². The van der Waals surface area contributed by atoms with Gasteiger partial charge in [-0.1, -0.05) is 44.2 Å². The Labute approximate surface area is 191 Å². The van der Waals surface area contributed by atoms with Crippen molar-refractivity contribution in [2.24, 2.45) is 12.0 Å². The summed E-state index contributed by atoms with van der Waals surface area (Å²) < 4.78 is 7.38. The van der Waals surface area contributed by atoms with Crippen molar-refractivity contribution >= 4 is 29.9 Å². The fraction of sp³-hybridized carbons (Fsp3) is 0.571. The summed E-state index contributed by atoms with van der Waals surface area (Å²) >= 11 is 0. The van der Waals surface area contributed by atoms with E-state index in [2.05, 4.69) is 58.9 Å². The number of nitrogens with one attached hydrogen (secondary N) is 2. The number of aryl methyl sites for hydroxylation is 1. The molecule has 162 valence electrons. The zero-order valence-corrected chi connectivity index (χ0v) is 20.6. The number of nitrogens with zero attached hydrogens (tertiary/aromatic N) is 4. The van der Waals surface area contributed by atoms with Crippen LogP contribution in [0.4, 0.5) is 0 Å². The largest absolute Gasteiger partial charge is 0.382 e. The van der Waals surface area contributed by atoms with Crippen LogP contribution in [-0.4, -0.2) is 47.0 Å². The van der Waals surface area contributed by atoms with Gasteiger partial charge in [0.1, 0.15) is 12.4 Å². The molecule has 0 spiro atoms. The second-order valence-electron chi connectivity index (χ2n) is 7.47. The number of hydrogen-bond donors (Lipinski definition) is 2. The first-order valence-corrected chi connectivity index (χ1v) is 9.94. The van der Waals surface area contributed by atoms with Gasteiger partial charge < -0.3 is 19.9 Å². The van der Waals surface area contributed by atoms with Crippen molar-refractivity contribution in [1.29, 1.82) is 0 Å². The molecular weight excluding hydrogens is 479 g/mol. The molecule has 2 aromatic rings. The summed E-state index contributed by atoms with van der Waals surface area (Å²) in [4.78, 5) is 4.71. The lowest BCUT2D eigenvalue weighted by molar-refractivity contribution is 0.145. The van der Waals surface area contributed by atoms with E-state index in [4.69, 9.17) is 9.73 Å². The monoisotopic (exact) mass is 514 g/mol. The van der Waals surface area contributed by atoms with Crippen molar-refractivity contribution in [2.45, 2.75) is 46.1 Å². The predicted molar refractivity (Wildman–Crippen MR) is 129 cm³/mol. The summed E-state index contributed by atoms with van der Waals surface area (Å²) in [6.07, 6.45) is 0.930. The Morgan fingerprint density at radius 3 is 2.52 bits per heavy atom. The summed E-state index contributed by atoms with van der Waals surface area (Å²) in [5, 5.41) is 15.2. The molecule has 2 rings (SSSR count). The third-order valence-corrected chi connectivity index (χ3v) is 4.78. The number of hydrogen-bond acceptors (Lipinski definition) is 4. The van der Waals surface area contributed by atoms with Crippen molar-refractivity contribution in [3.63, 3.8) is 0 Å². The lowest BCUT2D eigenvalue weighted by Crippen LogP contribution is -2.44. The van der Waals surface area contributed by atoms with E-state index >= 15 is 0 Å². The molecule has 0 fully saturated rings. The van der Waals surface area contributed by atoms with Gasteiger partial charge in [0.25, 0.3) is 0 Å². The van der Waals surface area contributed by atoms with E-state index in [9.17, 15) is 0 Å². The van der Waals surface area contributed by atoms with Gasteiger partial charge in [-0.2, -0.15) is 0 Å². The van der Waals surface area contributed by atoms with E-state index in [1.165, 1.54) is 5.56 Å². The van der Waals surface area contributed by atoms with Crippen LogP contribution in [0.1, 0.15) is 44.4 Å². The van der Waals surface area contributed by atoms with Crippen LogP contribution in [-0.2, 0) is 23.7 Å². The van der Waals surface area contributed by atoms with Crippen molar-refractivity contribution in [3.05, 3.63) is 47.5 Å². The first-order chi connectivity index (χ1) is 13.4. The van der Waals surface area contributed by atoms with Crippen LogP contribution < -0.4 is 10.6 Å². The van der Waals surface area contributed by atoms with Crippen LogP contribution in [0.5, 0.6) is 0 Å². The maximum atomic E-state index is 5.41. The minimum absolute atomic E-state index is 0. The maximum absolute atomic E-state index is 5.41. The molecule has 0 bridgehead atoms. The highest BCUT2D eigenvalue weighted by Gasteiger charge is 2.20. The molecule has 0 saturated carbocycles. The first-order valence-electron chi connectivity index (χ1n) is 9.94. The highest BCUT2D eigenvalue weighted by atomic mass is 127. The lowest BCUT2D eigenvalue weighted by atomic mass is 9.85. The standard InChI is InChI=1S/C21H34N6O.HI/c1-6-28-14-10-13-22-20(23-15-19-26-25-17(2)27(19)5)24-16-21(3,4)18-11-8-7-9-12-18;/h7-9,11-12H,6,10,13-16H2,1-5H3,(H2,22,23,24);1H. The summed E-state index contributed by atoms with van der Waals surface area (Å²) in [7, 11) is 1.96. The van der Waals surface area contributed by atoms with Crippen molar-refractivity contribution in [2.75, 3.05) is 26.3 Å². The second-order valence-corrected chi connectivity index (χ2v) is 7.47. The average molecular weight is 514 g/mol. The van der Waals surface area contributed by atoms with Crippen molar-refractivity contribution in [1.82, 2.24) is 25.4 Å². The fourth-order valence-electron chi connectivity index (χ4n) is 2.73. The SMILES string of the molecule is CCOCCCNC(=NCc1nnc(C)n1C)NCC(C)(C)c1ccccc1.I. The number of halogens is 1. The Hall–Kier alpha value is -1.68. The van der Waals surface area contributed by atoms with E-state index in [0.29, 0.717) is 6.54 Å². The van der Waals surface area contributed by atoms with Gasteiger partial charge in [0.15, 0.2) is 11.8 Å². The molecule has 0 aliphatic heterocycles. The molecule has 0 saturated heterocycles. The molecular formula is C21H35IN6O. The fourth-order valence-corrected chi connectivity index (χ4v) is 2.73. The van der Waals surface area contributed by atoms with Gasteiger partial charge >= 0.3 is 0 Å². The molecule has 1 aromatic heterocycles. The number of aliphatic imine (C=N–C) groups is 1. The Morgan fingerprint density at radius 1 is 1.17 bits per heavy atom. The molecule has 1 aromatic carbocycles. The van der Waals surface area contributed by atoms with Crippen LogP contribution in [0.15, 0.2) is 35.3 Å². The molecule has 2 N–H and O–H groups in total. The summed E-state index contributed by atoms with van der Waals surface area (Å²) in [5.74, 6) is 2.51. The summed E-state index contributed by atoms with van der Waals surface area (Å²) in [5.41, 5.74) is 1.28. The molecule has 1 heterocycles. The molecule has 8 heteroatoms. The van der Waals surface area contributed by atoms with Gasteiger partial charge in [0.2, 0.25) is 0 Å². The second kappa shape index (κ2) is 12.8. The number of guanidine groups is 1. The van der Waals surface area contributed by atoms with Crippen LogP contribution in [0.2, 0.25) is 0 Å². The summed E-state index contributed by atoms with van der Waals surface area (Å²) in [6, 6.07) is 10.5. The Bertz CT molecular complexity index is 745. The highest BCUT2D eigenvalue weighted by Crippen LogP contribution is 2.21. The van der Waals surface area contributed by atoms with Crippen LogP contribution in [0.3, 0.4) is 0 Å². The molecule has 0 unspecified atom stereocenters. The van der Waals surface area contributed by atoms with E-state index in [-0.39, 0.29) is 29.4 Å². The quantitative estimate of drug-likeness (QED) is 0.221. The molecule has 0 atom stereocenters. The zero-order chi connectivity index (χ0) is 20.4. The van der Waals surface area contributed by atoms with Gasteiger partial charge in [0.05, 0.1) is 0 Å². The average Bonchev–Trinajstić information content (AvgIpc) is 3.02. The van der Waals surface area contributed by atoms with E-state index < -0.39 is 0 Å². The van der Waals surface area contributed by atoms with Gasteiger partial charge in [-0.05, 0) is 25.8 Å². The Morgan fingerprint density at radius 2 is 1.90 bits per heavy atom. The third kappa shape index (κ3) is 8.30. The van der Waals surface area contributed by atoms with Crippen LogP contribution >= 0.6 is 24.0 Å². The molecule has 0 amide bonds. The van der Waals surface area contributed by atoms with E-state index in [1.54, 1.807) is 0 Å². The van der Waals surface area contributed by atoms with Crippen LogP contribution in [0, 0.1) is 6.92 Å². The van der Waals surface area contributed by atoms with Crippen molar-refractivity contribution in [3.8, 4) is 0 Å².